The molecule has 0 aromatic carbocycles. The van der Waals surface area contributed by atoms with E-state index in [0.29, 0.717) is 6.54 Å². The molecule has 4 nitrogen and oxygen atoms in total. The van der Waals surface area contributed by atoms with E-state index in [9.17, 15) is 8.42 Å². The molecule has 1 fully saturated rings. The zero-order valence-electron chi connectivity index (χ0n) is 8.62. The predicted octanol–water partition coefficient (Wildman–Crippen LogP) is -0.0330. The van der Waals surface area contributed by atoms with Gasteiger partial charge in [0, 0.05) is 38.6 Å². The fraction of sp³-hybridized carbons (Fsp3) is 1.00. The Labute approximate surface area is 103 Å². The van der Waals surface area contributed by atoms with Crippen LogP contribution in [-0.4, -0.2) is 63.4 Å². The van der Waals surface area contributed by atoms with Crippen LogP contribution in [0.1, 0.15) is 0 Å². The van der Waals surface area contributed by atoms with Gasteiger partial charge in [-0.25, -0.2) is 8.42 Å². The van der Waals surface area contributed by atoms with Crippen molar-refractivity contribution in [1.82, 2.24) is 10.2 Å². The van der Waals surface area contributed by atoms with Gasteiger partial charge in [-0.05, 0) is 0 Å². The summed E-state index contributed by atoms with van der Waals surface area (Å²) >= 11 is 5.40. The standard InChI is InChI=1S/C8H17ClN2O2S.ClH/c9-1-7-14(12,13)8-6-11-4-2-10-3-5-11;/h10H,1-8H2;1H. The summed E-state index contributed by atoms with van der Waals surface area (Å²) in [6, 6.07) is 0. The van der Waals surface area contributed by atoms with Crippen molar-refractivity contribution in [1.29, 1.82) is 0 Å². The molecule has 0 unspecified atom stereocenters. The van der Waals surface area contributed by atoms with Gasteiger partial charge in [-0.1, -0.05) is 0 Å². The van der Waals surface area contributed by atoms with Crippen molar-refractivity contribution in [3.8, 4) is 0 Å². The van der Waals surface area contributed by atoms with Crippen LogP contribution in [0.25, 0.3) is 0 Å². The molecule has 1 rings (SSSR count). The van der Waals surface area contributed by atoms with Crippen LogP contribution in [0, 0.1) is 0 Å². The summed E-state index contributed by atoms with van der Waals surface area (Å²) < 4.78 is 22.7. The maximum atomic E-state index is 11.3. The number of hydrogen-bond acceptors (Lipinski definition) is 4. The topological polar surface area (TPSA) is 49.4 Å². The van der Waals surface area contributed by atoms with Crippen molar-refractivity contribution in [2.45, 2.75) is 0 Å². The Morgan fingerprint density at radius 1 is 1.20 bits per heavy atom. The number of hydrogen-bond donors (Lipinski definition) is 1. The third-order valence-electron chi connectivity index (χ3n) is 2.32. The number of halogens is 2. The van der Waals surface area contributed by atoms with Gasteiger partial charge in [0.15, 0.2) is 9.84 Å². The summed E-state index contributed by atoms with van der Waals surface area (Å²) in [5.74, 6) is 0.532. The van der Waals surface area contributed by atoms with Gasteiger partial charge in [0.1, 0.15) is 0 Å². The van der Waals surface area contributed by atoms with E-state index in [2.05, 4.69) is 10.2 Å². The zero-order chi connectivity index (χ0) is 10.4. The first-order valence-corrected chi connectivity index (χ1v) is 7.19. The van der Waals surface area contributed by atoms with E-state index >= 15 is 0 Å². The van der Waals surface area contributed by atoms with E-state index in [1.54, 1.807) is 0 Å². The Kier molecular flexibility index (Phi) is 7.91. The Morgan fingerprint density at radius 3 is 2.33 bits per heavy atom. The van der Waals surface area contributed by atoms with E-state index in [1.807, 2.05) is 0 Å². The van der Waals surface area contributed by atoms with Crippen LogP contribution >= 0.6 is 24.0 Å². The molecule has 1 aliphatic rings. The minimum atomic E-state index is -2.93. The summed E-state index contributed by atoms with van der Waals surface area (Å²) in [6.07, 6.45) is 0. The van der Waals surface area contributed by atoms with Gasteiger partial charge in [0.2, 0.25) is 0 Å². The molecule has 1 saturated heterocycles. The van der Waals surface area contributed by atoms with Crippen LogP contribution < -0.4 is 5.32 Å². The number of alkyl halides is 1. The monoisotopic (exact) mass is 276 g/mol. The molecule has 0 bridgehead atoms. The lowest BCUT2D eigenvalue weighted by atomic mass is 10.4. The highest BCUT2D eigenvalue weighted by Crippen LogP contribution is 1.97. The molecule has 1 aliphatic heterocycles. The first-order valence-electron chi connectivity index (χ1n) is 4.83. The van der Waals surface area contributed by atoms with Crippen LogP contribution in [0.2, 0.25) is 0 Å². The number of sulfone groups is 1. The minimum Gasteiger partial charge on any atom is -0.314 e. The lowest BCUT2D eigenvalue weighted by Crippen LogP contribution is -2.45. The third kappa shape index (κ3) is 6.58. The second-order valence-electron chi connectivity index (χ2n) is 3.43. The molecule has 0 saturated carbocycles. The van der Waals surface area contributed by atoms with Crippen LogP contribution in [0.4, 0.5) is 0 Å². The van der Waals surface area contributed by atoms with Crippen molar-refractivity contribution in [3.05, 3.63) is 0 Å². The van der Waals surface area contributed by atoms with Crippen LogP contribution in [0.5, 0.6) is 0 Å². The Bertz CT molecular complexity index is 253. The largest absolute Gasteiger partial charge is 0.314 e. The summed E-state index contributed by atoms with van der Waals surface area (Å²) in [5, 5.41) is 3.22. The molecule has 0 aromatic heterocycles. The highest BCUT2D eigenvalue weighted by Gasteiger charge is 2.14. The van der Waals surface area contributed by atoms with Gasteiger partial charge in [-0.2, -0.15) is 0 Å². The average Bonchev–Trinajstić information content (AvgIpc) is 2.17. The van der Waals surface area contributed by atoms with Crippen molar-refractivity contribution >= 4 is 33.8 Å². The molecule has 0 spiro atoms. The fourth-order valence-corrected chi connectivity index (χ4v) is 3.10. The van der Waals surface area contributed by atoms with E-state index < -0.39 is 9.84 Å². The summed E-state index contributed by atoms with van der Waals surface area (Å²) in [5.41, 5.74) is 0. The molecular weight excluding hydrogens is 259 g/mol. The van der Waals surface area contributed by atoms with Gasteiger partial charge in [0.05, 0.1) is 11.5 Å². The predicted molar refractivity (Wildman–Crippen MR) is 65.9 cm³/mol. The lowest BCUT2D eigenvalue weighted by Gasteiger charge is -2.26. The zero-order valence-corrected chi connectivity index (χ0v) is 11.0. The van der Waals surface area contributed by atoms with Crippen LogP contribution in [0.15, 0.2) is 0 Å². The molecule has 0 atom stereocenters. The minimum absolute atomic E-state index is 0. The molecule has 1 heterocycles. The lowest BCUT2D eigenvalue weighted by molar-refractivity contribution is 0.254. The highest BCUT2D eigenvalue weighted by molar-refractivity contribution is 7.91. The molecule has 92 valence electrons. The quantitative estimate of drug-likeness (QED) is 0.717. The van der Waals surface area contributed by atoms with E-state index in [0.717, 1.165) is 26.2 Å². The number of nitrogens with zero attached hydrogens (tertiary/aromatic N) is 1. The maximum absolute atomic E-state index is 11.3. The maximum Gasteiger partial charge on any atom is 0.152 e. The highest BCUT2D eigenvalue weighted by atomic mass is 35.5. The second kappa shape index (κ2) is 7.68. The van der Waals surface area contributed by atoms with E-state index in [1.165, 1.54) is 0 Å². The first kappa shape index (κ1) is 15.4. The average molecular weight is 277 g/mol. The summed E-state index contributed by atoms with van der Waals surface area (Å²) in [4.78, 5) is 2.17. The molecule has 15 heavy (non-hydrogen) atoms. The van der Waals surface area contributed by atoms with E-state index in [4.69, 9.17) is 11.6 Å². The smallest absolute Gasteiger partial charge is 0.152 e. The molecule has 7 heteroatoms. The van der Waals surface area contributed by atoms with Crippen LogP contribution in [0.3, 0.4) is 0 Å². The number of nitrogens with one attached hydrogen (secondary N) is 1. The molecule has 1 N–H and O–H groups in total. The molecule has 0 aromatic rings. The van der Waals surface area contributed by atoms with Gasteiger partial charge < -0.3 is 5.32 Å². The van der Waals surface area contributed by atoms with Crippen molar-refractivity contribution < 1.29 is 8.42 Å². The SMILES string of the molecule is Cl.O=S(=O)(CCCl)CCN1CCNCC1. The molecular formula is C8H18Cl2N2O2S. The van der Waals surface area contributed by atoms with Crippen molar-refractivity contribution in [3.63, 3.8) is 0 Å². The van der Waals surface area contributed by atoms with Crippen molar-refractivity contribution in [2.24, 2.45) is 0 Å². The second-order valence-corrected chi connectivity index (χ2v) is 6.11. The summed E-state index contributed by atoms with van der Waals surface area (Å²) in [7, 11) is -2.93. The van der Waals surface area contributed by atoms with Crippen molar-refractivity contribution in [2.75, 3.05) is 50.1 Å². The number of piperazine rings is 1. The Morgan fingerprint density at radius 2 is 1.80 bits per heavy atom. The van der Waals surface area contributed by atoms with Crippen LogP contribution in [-0.2, 0) is 9.84 Å². The third-order valence-corrected chi connectivity index (χ3v) is 4.36. The summed E-state index contributed by atoms with van der Waals surface area (Å²) in [6.45, 7) is 4.43. The van der Waals surface area contributed by atoms with Gasteiger partial charge in [0.25, 0.3) is 0 Å². The Balaban J connectivity index is 0.00000196. The van der Waals surface area contributed by atoms with E-state index in [-0.39, 0.29) is 29.8 Å². The Hall–Kier alpha value is 0.450. The molecule has 0 amide bonds. The molecule has 0 radical (unpaired) electrons. The molecule has 0 aliphatic carbocycles. The number of rotatable bonds is 5. The van der Waals surface area contributed by atoms with Gasteiger partial charge in [-0.15, -0.1) is 24.0 Å². The normalized spacial score (nSPS) is 18.5. The first-order chi connectivity index (χ1) is 6.64. The van der Waals surface area contributed by atoms with Gasteiger partial charge in [-0.3, -0.25) is 4.90 Å². The van der Waals surface area contributed by atoms with Gasteiger partial charge >= 0.3 is 0 Å². The fourth-order valence-electron chi connectivity index (χ4n) is 1.42.